The molecule has 0 saturated heterocycles. The van der Waals surface area contributed by atoms with Gasteiger partial charge in [0, 0.05) is 29.9 Å². The molecule has 1 aliphatic rings. The summed E-state index contributed by atoms with van der Waals surface area (Å²) in [5.74, 6) is 1.82. The highest BCUT2D eigenvalue weighted by molar-refractivity contribution is 6.13. The van der Waals surface area contributed by atoms with Crippen molar-refractivity contribution in [1.82, 2.24) is 9.78 Å². The standard InChI is InChI=1S/C18H20N2O4/c1-20-14-6-5-11(18(21)13(14)10-19-20)7-12-8-16(23-3)17(24-4)9-15(12)22-2/h7-10H,5-6H2,1-4H3/b11-7-. The fraction of sp³-hybridized carbons (Fsp3) is 0.333. The molecule has 0 amide bonds. The Labute approximate surface area is 140 Å². The van der Waals surface area contributed by atoms with Crippen molar-refractivity contribution in [3.05, 3.63) is 40.7 Å². The Morgan fingerprint density at radius 2 is 1.71 bits per heavy atom. The number of hydrogen-bond donors (Lipinski definition) is 0. The van der Waals surface area contributed by atoms with Crippen LogP contribution in [0.1, 0.15) is 28.0 Å². The van der Waals surface area contributed by atoms with Crippen LogP contribution in [0.4, 0.5) is 0 Å². The average molecular weight is 328 g/mol. The molecular weight excluding hydrogens is 308 g/mol. The molecule has 1 aliphatic carbocycles. The number of ketones is 1. The monoisotopic (exact) mass is 328 g/mol. The van der Waals surface area contributed by atoms with Crippen molar-refractivity contribution in [2.24, 2.45) is 7.05 Å². The summed E-state index contributed by atoms with van der Waals surface area (Å²) < 4.78 is 17.8. The van der Waals surface area contributed by atoms with E-state index in [1.165, 1.54) is 0 Å². The second-order valence-electron chi connectivity index (χ2n) is 5.58. The summed E-state index contributed by atoms with van der Waals surface area (Å²) in [6, 6.07) is 3.57. The van der Waals surface area contributed by atoms with Gasteiger partial charge in [0.25, 0.3) is 0 Å². The molecule has 0 saturated carbocycles. The Morgan fingerprint density at radius 3 is 2.38 bits per heavy atom. The predicted molar refractivity (Wildman–Crippen MR) is 89.9 cm³/mol. The van der Waals surface area contributed by atoms with E-state index >= 15 is 0 Å². The van der Waals surface area contributed by atoms with Crippen molar-refractivity contribution >= 4 is 11.9 Å². The van der Waals surface area contributed by atoms with E-state index < -0.39 is 0 Å². The van der Waals surface area contributed by atoms with Gasteiger partial charge in [0.05, 0.1) is 33.1 Å². The molecule has 0 atom stereocenters. The molecule has 0 aliphatic heterocycles. The van der Waals surface area contributed by atoms with Crippen LogP contribution in [0, 0.1) is 0 Å². The molecule has 2 aromatic rings. The Bertz CT molecular complexity index is 821. The number of carbonyl (C=O) groups is 1. The van der Waals surface area contributed by atoms with E-state index in [1.807, 2.05) is 19.2 Å². The van der Waals surface area contributed by atoms with Crippen LogP contribution in [0.25, 0.3) is 6.08 Å². The SMILES string of the molecule is COc1cc(OC)c(OC)cc1/C=C1/CCc2c(cnn2C)C1=O. The molecule has 6 nitrogen and oxygen atoms in total. The topological polar surface area (TPSA) is 62.6 Å². The number of allylic oxidation sites excluding steroid dienone is 1. The fourth-order valence-corrected chi connectivity index (χ4v) is 2.98. The lowest BCUT2D eigenvalue weighted by Gasteiger charge is -2.16. The number of rotatable bonds is 4. The van der Waals surface area contributed by atoms with Gasteiger partial charge in [-0.2, -0.15) is 5.10 Å². The number of hydrogen-bond acceptors (Lipinski definition) is 5. The summed E-state index contributed by atoms with van der Waals surface area (Å²) in [4.78, 5) is 12.7. The first-order chi connectivity index (χ1) is 11.6. The molecule has 0 bridgehead atoms. The first kappa shape index (κ1) is 16.1. The van der Waals surface area contributed by atoms with Crippen LogP contribution in [0.3, 0.4) is 0 Å². The molecule has 1 aromatic carbocycles. The Morgan fingerprint density at radius 1 is 1.04 bits per heavy atom. The molecule has 0 radical (unpaired) electrons. The number of fused-ring (bicyclic) bond motifs is 1. The number of carbonyl (C=O) groups excluding carboxylic acids is 1. The maximum absolute atomic E-state index is 12.7. The van der Waals surface area contributed by atoms with E-state index in [0.717, 1.165) is 23.3 Å². The molecule has 0 fully saturated rings. The summed E-state index contributed by atoms with van der Waals surface area (Å²) >= 11 is 0. The van der Waals surface area contributed by atoms with Gasteiger partial charge >= 0.3 is 0 Å². The minimum absolute atomic E-state index is 0.0150. The van der Waals surface area contributed by atoms with Gasteiger partial charge in [-0.15, -0.1) is 0 Å². The van der Waals surface area contributed by atoms with Gasteiger partial charge in [-0.05, 0) is 25.0 Å². The van der Waals surface area contributed by atoms with Gasteiger partial charge in [-0.3, -0.25) is 9.48 Å². The number of aromatic nitrogens is 2. The van der Waals surface area contributed by atoms with E-state index in [9.17, 15) is 4.79 Å². The van der Waals surface area contributed by atoms with Gasteiger partial charge in [-0.1, -0.05) is 0 Å². The van der Waals surface area contributed by atoms with Gasteiger partial charge in [-0.25, -0.2) is 0 Å². The number of benzene rings is 1. The Balaban J connectivity index is 2.04. The van der Waals surface area contributed by atoms with Crippen LogP contribution in [0.15, 0.2) is 23.9 Å². The lowest BCUT2D eigenvalue weighted by Crippen LogP contribution is -2.15. The molecular formula is C18H20N2O4. The molecule has 6 heteroatoms. The predicted octanol–water partition coefficient (Wildman–Crippen LogP) is 2.66. The van der Waals surface area contributed by atoms with Crippen LogP contribution < -0.4 is 14.2 Å². The smallest absolute Gasteiger partial charge is 0.192 e. The minimum atomic E-state index is 0.0150. The Hall–Kier alpha value is -2.76. The van der Waals surface area contributed by atoms with Crippen molar-refractivity contribution in [3.8, 4) is 17.2 Å². The second kappa shape index (κ2) is 6.39. The molecule has 3 rings (SSSR count). The van der Waals surface area contributed by atoms with E-state index in [1.54, 1.807) is 38.3 Å². The van der Waals surface area contributed by atoms with E-state index in [0.29, 0.717) is 29.2 Å². The lowest BCUT2D eigenvalue weighted by atomic mass is 9.90. The lowest BCUT2D eigenvalue weighted by molar-refractivity contribution is 0.102. The second-order valence-corrected chi connectivity index (χ2v) is 5.58. The normalized spacial score (nSPS) is 15.3. The molecule has 24 heavy (non-hydrogen) atoms. The van der Waals surface area contributed by atoms with Crippen molar-refractivity contribution in [3.63, 3.8) is 0 Å². The number of Topliss-reactive ketones (excluding diaryl/α,β-unsaturated/α-hetero) is 1. The first-order valence-corrected chi connectivity index (χ1v) is 7.65. The number of methoxy groups -OCH3 is 3. The third-order valence-corrected chi connectivity index (χ3v) is 4.29. The van der Waals surface area contributed by atoms with Crippen LogP contribution >= 0.6 is 0 Å². The van der Waals surface area contributed by atoms with Gasteiger partial charge in [0.1, 0.15) is 5.75 Å². The van der Waals surface area contributed by atoms with E-state index in [-0.39, 0.29) is 5.78 Å². The van der Waals surface area contributed by atoms with E-state index in [4.69, 9.17) is 14.2 Å². The summed E-state index contributed by atoms with van der Waals surface area (Å²) in [5, 5.41) is 4.18. The molecule has 0 unspecified atom stereocenters. The van der Waals surface area contributed by atoms with E-state index in [2.05, 4.69) is 5.10 Å². The minimum Gasteiger partial charge on any atom is -0.496 e. The maximum Gasteiger partial charge on any atom is 0.192 e. The highest BCUT2D eigenvalue weighted by Gasteiger charge is 2.25. The van der Waals surface area contributed by atoms with Crippen molar-refractivity contribution in [2.45, 2.75) is 12.8 Å². The first-order valence-electron chi connectivity index (χ1n) is 7.65. The van der Waals surface area contributed by atoms with Crippen molar-refractivity contribution in [1.29, 1.82) is 0 Å². The maximum atomic E-state index is 12.7. The number of ether oxygens (including phenoxy) is 3. The fourth-order valence-electron chi connectivity index (χ4n) is 2.98. The summed E-state index contributed by atoms with van der Waals surface area (Å²) in [6.45, 7) is 0. The summed E-state index contributed by atoms with van der Waals surface area (Å²) in [5.41, 5.74) is 3.18. The zero-order chi connectivity index (χ0) is 17.3. The third-order valence-electron chi connectivity index (χ3n) is 4.29. The van der Waals surface area contributed by atoms with Gasteiger partial charge in [0.2, 0.25) is 0 Å². The van der Waals surface area contributed by atoms with Crippen molar-refractivity contribution in [2.75, 3.05) is 21.3 Å². The molecule has 126 valence electrons. The van der Waals surface area contributed by atoms with Gasteiger partial charge < -0.3 is 14.2 Å². The summed E-state index contributed by atoms with van der Waals surface area (Å²) in [7, 11) is 6.60. The molecule has 1 heterocycles. The molecule has 0 spiro atoms. The van der Waals surface area contributed by atoms with Crippen LogP contribution in [0.5, 0.6) is 17.2 Å². The van der Waals surface area contributed by atoms with Gasteiger partial charge in [0.15, 0.2) is 17.3 Å². The molecule has 1 aromatic heterocycles. The van der Waals surface area contributed by atoms with Crippen LogP contribution in [0.2, 0.25) is 0 Å². The number of aryl methyl sites for hydroxylation is 1. The average Bonchev–Trinajstić information content (AvgIpc) is 2.98. The highest BCUT2D eigenvalue weighted by atomic mass is 16.5. The quantitative estimate of drug-likeness (QED) is 0.808. The van der Waals surface area contributed by atoms with Crippen LogP contribution in [-0.4, -0.2) is 36.9 Å². The Kier molecular flexibility index (Phi) is 4.29. The molecule has 0 N–H and O–H groups in total. The summed E-state index contributed by atoms with van der Waals surface area (Å²) in [6.07, 6.45) is 4.96. The van der Waals surface area contributed by atoms with Crippen molar-refractivity contribution < 1.29 is 19.0 Å². The zero-order valence-electron chi connectivity index (χ0n) is 14.3. The largest absolute Gasteiger partial charge is 0.496 e. The highest BCUT2D eigenvalue weighted by Crippen LogP contribution is 2.37. The third kappa shape index (κ3) is 2.64. The zero-order valence-corrected chi connectivity index (χ0v) is 14.3. The number of nitrogens with zero attached hydrogens (tertiary/aromatic N) is 2. The van der Waals surface area contributed by atoms with Crippen LogP contribution in [-0.2, 0) is 13.5 Å².